The van der Waals surface area contributed by atoms with Gasteiger partial charge in [-0.3, -0.25) is 9.52 Å². The maximum Gasteiger partial charge on any atom is 0.321 e. The normalized spacial score (nSPS) is 17.7. The number of rotatable bonds is 9. The van der Waals surface area contributed by atoms with Crippen molar-refractivity contribution in [2.24, 2.45) is 5.92 Å². The molecular weight excluding hydrogens is 591 g/mol. The quantitative estimate of drug-likeness (QED) is 0.326. The highest BCUT2D eigenvalue weighted by Gasteiger charge is 2.32. The van der Waals surface area contributed by atoms with Crippen molar-refractivity contribution in [3.63, 3.8) is 0 Å². The maximum absolute atomic E-state index is 13.5. The standard InChI is InChI=1S/C31H37FN4O7S/c1-20-17-36(21(2)19-37)30(38)16-22-15-25(34-44(40,41)27-12-5-23(32)6-13-27)9-14-28(22)43-29(20)18-35(3)31(39)33-24-7-10-26(42-4)11-8-24/h5-15,20-21,29,34,37H,16-19H2,1-4H3,(H,33,39)/t20-,21+,29+/m1/s1. The molecule has 0 bridgehead atoms. The average molecular weight is 629 g/mol. The summed E-state index contributed by atoms with van der Waals surface area (Å²) in [6, 6.07) is 15.1. The van der Waals surface area contributed by atoms with Crippen molar-refractivity contribution in [2.75, 3.05) is 43.9 Å². The number of amides is 3. The molecule has 3 atom stereocenters. The number of halogens is 1. The van der Waals surface area contributed by atoms with Crippen molar-refractivity contribution in [3.05, 3.63) is 78.1 Å². The van der Waals surface area contributed by atoms with Gasteiger partial charge in [-0.15, -0.1) is 0 Å². The van der Waals surface area contributed by atoms with Crippen LogP contribution in [0.4, 0.5) is 20.6 Å². The topological polar surface area (TPSA) is 138 Å². The number of methoxy groups -OCH3 is 1. The molecule has 1 aliphatic heterocycles. The van der Waals surface area contributed by atoms with E-state index in [4.69, 9.17) is 9.47 Å². The molecule has 0 saturated carbocycles. The third kappa shape index (κ3) is 7.97. The summed E-state index contributed by atoms with van der Waals surface area (Å²) in [6.07, 6.45) is -0.680. The highest BCUT2D eigenvalue weighted by atomic mass is 32.2. The van der Waals surface area contributed by atoms with Gasteiger partial charge in [0.15, 0.2) is 0 Å². The van der Waals surface area contributed by atoms with E-state index in [1.807, 2.05) is 6.92 Å². The summed E-state index contributed by atoms with van der Waals surface area (Å²) in [5.41, 5.74) is 1.19. The number of sulfonamides is 1. The van der Waals surface area contributed by atoms with E-state index in [1.54, 1.807) is 56.3 Å². The molecule has 3 aromatic rings. The highest BCUT2D eigenvalue weighted by Crippen LogP contribution is 2.30. The summed E-state index contributed by atoms with van der Waals surface area (Å²) < 4.78 is 53.3. The fourth-order valence-electron chi connectivity index (χ4n) is 4.78. The van der Waals surface area contributed by atoms with E-state index in [0.717, 1.165) is 24.3 Å². The van der Waals surface area contributed by atoms with E-state index < -0.39 is 28.0 Å². The Morgan fingerprint density at radius 2 is 1.80 bits per heavy atom. The van der Waals surface area contributed by atoms with Gasteiger partial charge in [0.2, 0.25) is 5.91 Å². The lowest BCUT2D eigenvalue weighted by Gasteiger charge is -2.34. The number of anilines is 2. The third-order valence-electron chi connectivity index (χ3n) is 7.43. The molecule has 0 aromatic heterocycles. The predicted molar refractivity (Wildman–Crippen MR) is 164 cm³/mol. The number of aliphatic hydroxyl groups is 1. The van der Waals surface area contributed by atoms with Crippen LogP contribution in [0.25, 0.3) is 0 Å². The number of carbonyl (C=O) groups is 2. The Balaban J connectivity index is 1.60. The molecular formula is C31H37FN4O7S. The van der Waals surface area contributed by atoms with Crippen molar-refractivity contribution < 1.29 is 37.0 Å². The number of ether oxygens (including phenoxy) is 2. The summed E-state index contributed by atoms with van der Waals surface area (Å²) >= 11 is 0. The van der Waals surface area contributed by atoms with Crippen LogP contribution in [0.15, 0.2) is 71.6 Å². The van der Waals surface area contributed by atoms with Gasteiger partial charge in [-0.2, -0.15) is 0 Å². The molecule has 4 rings (SSSR count). The molecule has 11 nitrogen and oxygen atoms in total. The van der Waals surface area contributed by atoms with E-state index in [-0.39, 0.29) is 54.6 Å². The number of carbonyl (C=O) groups excluding carboxylic acids is 2. The number of benzene rings is 3. The van der Waals surface area contributed by atoms with Crippen molar-refractivity contribution >= 4 is 33.3 Å². The van der Waals surface area contributed by atoms with E-state index in [2.05, 4.69) is 10.0 Å². The van der Waals surface area contributed by atoms with E-state index in [9.17, 15) is 27.5 Å². The zero-order valence-corrected chi connectivity index (χ0v) is 25.8. The summed E-state index contributed by atoms with van der Waals surface area (Å²) in [6.45, 7) is 3.81. The first kappa shape index (κ1) is 32.6. The van der Waals surface area contributed by atoms with Crippen LogP contribution in [0.2, 0.25) is 0 Å². The minimum atomic E-state index is -4.04. The lowest BCUT2D eigenvalue weighted by atomic mass is 10.0. The van der Waals surface area contributed by atoms with Crippen molar-refractivity contribution in [2.45, 2.75) is 37.3 Å². The number of nitrogens with one attached hydrogen (secondary N) is 2. The van der Waals surface area contributed by atoms with Gasteiger partial charge in [-0.25, -0.2) is 17.6 Å². The Morgan fingerprint density at radius 3 is 2.43 bits per heavy atom. The van der Waals surface area contributed by atoms with Gasteiger partial charge < -0.3 is 29.7 Å². The number of likely N-dealkylation sites (N-methyl/N-ethyl adjacent to an activating group) is 1. The molecule has 44 heavy (non-hydrogen) atoms. The number of hydrogen-bond donors (Lipinski definition) is 3. The zero-order chi connectivity index (χ0) is 32.0. The van der Waals surface area contributed by atoms with E-state index in [1.165, 1.54) is 17.0 Å². The first-order valence-electron chi connectivity index (χ1n) is 14.0. The summed E-state index contributed by atoms with van der Waals surface area (Å²) in [5, 5.41) is 12.7. The lowest BCUT2D eigenvalue weighted by Crippen LogP contribution is -2.48. The van der Waals surface area contributed by atoms with Gasteiger partial charge in [0, 0.05) is 36.4 Å². The van der Waals surface area contributed by atoms with Crippen LogP contribution in [-0.4, -0.2) is 81.3 Å². The second-order valence-corrected chi connectivity index (χ2v) is 12.5. The first-order chi connectivity index (χ1) is 20.9. The molecule has 0 aliphatic carbocycles. The molecule has 1 aliphatic rings. The van der Waals surface area contributed by atoms with Crippen LogP contribution in [0.1, 0.15) is 19.4 Å². The molecule has 0 saturated heterocycles. The van der Waals surface area contributed by atoms with Gasteiger partial charge in [-0.05, 0) is 73.7 Å². The summed E-state index contributed by atoms with van der Waals surface area (Å²) in [4.78, 5) is 29.4. The smallest absolute Gasteiger partial charge is 0.321 e. The van der Waals surface area contributed by atoms with Crippen LogP contribution in [-0.2, 0) is 21.2 Å². The Bertz CT molecular complexity index is 1570. The predicted octanol–water partition coefficient (Wildman–Crippen LogP) is 3.95. The summed E-state index contributed by atoms with van der Waals surface area (Å²) in [7, 11) is -0.850. The Kier molecular flexibility index (Phi) is 10.3. The van der Waals surface area contributed by atoms with Gasteiger partial charge in [0.1, 0.15) is 23.4 Å². The van der Waals surface area contributed by atoms with E-state index in [0.29, 0.717) is 22.7 Å². The van der Waals surface area contributed by atoms with Gasteiger partial charge in [0.05, 0.1) is 37.6 Å². The molecule has 0 spiro atoms. The molecule has 0 unspecified atom stereocenters. The van der Waals surface area contributed by atoms with Crippen LogP contribution in [0.3, 0.4) is 0 Å². The number of fused-ring (bicyclic) bond motifs is 1. The number of nitrogens with zero attached hydrogens (tertiary/aromatic N) is 2. The summed E-state index contributed by atoms with van der Waals surface area (Å²) in [5.74, 6) is -0.0706. The van der Waals surface area contributed by atoms with Gasteiger partial charge in [0.25, 0.3) is 10.0 Å². The first-order valence-corrected chi connectivity index (χ1v) is 15.5. The molecule has 236 valence electrons. The fraction of sp³-hybridized carbons (Fsp3) is 0.355. The molecule has 3 N–H and O–H groups in total. The zero-order valence-electron chi connectivity index (χ0n) is 25.0. The fourth-order valence-corrected chi connectivity index (χ4v) is 5.83. The maximum atomic E-state index is 13.5. The van der Waals surface area contributed by atoms with Crippen LogP contribution >= 0.6 is 0 Å². The molecule has 3 aromatic carbocycles. The minimum Gasteiger partial charge on any atom is -0.497 e. The second-order valence-electron chi connectivity index (χ2n) is 10.8. The van der Waals surface area contributed by atoms with Crippen LogP contribution in [0.5, 0.6) is 11.5 Å². The Morgan fingerprint density at radius 1 is 1.14 bits per heavy atom. The molecule has 0 radical (unpaired) electrons. The average Bonchev–Trinajstić information content (AvgIpc) is 3.04. The molecule has 13 heteroatoms. The van der Waals surface area contributed by atoms with Crippen LogP contribution in [0, 0.1) is 11.7 Å². The SMILES string of the molecule is COc1ccc(NC(=O)N(C)C[C@@H]2Oc3ccc(NS(=O)(=O)c4ccc(F)cc4)cc3CC(=O)N([C@@H](C)CO)C[C@H]2C)cc1. The number of urea groups is 1. The monoisotopic (exact) mass is 628 g/mol. The molecule has 3 amide bonds. The van der Waals surface area contributed by atoms with E-state index >= 15 is 0 Å². The lowest BCUT2D eigenvalue weighted by molar-refractivity contribution is -0.134. The van der Waals surface area contributed by atoms with Gasteiger partial charge in [-0.1, -0.05) is 6.92 Å². The highest BCUT2D eigenvalue weighted by molar-refractivity contribution is 7.92. The Labute approximate surface area is 256 Å². The number of hydrogen-bond acceptors (Lipinski definition) is 7. The second kappa shape index (κ2) is 14.0. The Hall–Kier alpha value is -4.36. The van der Waals surface area contributed by atoms with Crippen LogP contribution < -0.4 is 19.5 Å². The minimum absolute atomic E-state index is 0.112. The van der Waals surface area contributed by atoms with Crippen molar-refractivity contribution in [1.29, 1.82) is 0 Å². The third-order valence-corrected chi connectivity index (χ3v) is 8.83. The van der Waals surface area contributed by atoms with Gasteiger partial charge >= 0.3 is 6.03 Å². The largest absolute Gasteiger partial charge is 0.497 e. The van der Waals surface area contributed by atoms with Crippen molar-refractivity contribution in [1.82, 2.24) is 9.80 Å². The molecule has 0 fully saturated rings. The number of aliphatic hydroxyl groups excluding tert-OH is 1. The van der Waals surface area contributed by atoms with Crippen molar-refractivity contribution in [3.8, 4) is 11.5 Å². The molecule has 1 heterocycles.